The van der Waals surface area contributed by atoms with Crippen LogP contribution in [0.3, 0.4) is 0 Å². The van der Waals surface area contributed by atoms with Crippen molar-refractivity contribution in [3.8, 4) is 0 Å². The Morgan fingerprint density at radius 1 is 1.42 bits per heavy atom. The molecule has 0 spiro atoms. The van der Waals surface area contributed by atoms with Crippen molar-refractivity contribution < 1.29 is 0 Å². The number of alkyl halides is 1. The zero-order chi connectivity index (χ0) is 13.4. The van der Waals surface area contributed by atoms with Crippen LogP contribution in [0.1, 0.15) is 29.0 Å². The average molecular weight is 357 g/mol. The van der Waals surface area contributed by atoms with Crippen LogP contribution in [0, 0.1) is 0 Å². The molecule has 2 heterocycles. The zero-order valence-electron chi connectivity index (χ0n) is 10.7. The number of thiophene rings is 1. The Morgan fingerprint density at radius 3 is 3.00 bits per heavy atom. The second-order valence-electron chi connectivity index (χ2n) is 4.84. The number of nitrogens with zero attached hydrogens (tertiary/aromatic N) is 1. The molecule has 3 rings (SSSR count). The first-order valence-corrected chi connectivity index (χ1v) is 8.76. The molecule has 1 nitrogen and oxygen atoms in total. The highest BCUT2D eigenvalue weighted by Gasteiger charge is 2.26. The minimum absolute atomic E-state index is 0.405. The maximum atomic E-state index is 6.45. The molecule has 0 N–H and O–H groups in total. The molecule has 1 atom stereocenters. The van der Waals surface area contributed by atoms with E-state index in [9.17, 15) is 0 Å². The molecular formula is C15H15BrClNS. The molecule has 100 valence electrons. The summed E-state index contributed by atoms with van der Waals surface area (Å²) in [6.07, 6.45) is 1.12. The number of hydrogen-bond donors (Lipinski definition) is 0. The molecule has 0 saturated heterocycles. The van der Waals surface area contributed by atoms with Gasteiger partial charge in [0, 0.05) is 16.8 Å². The van der Waals surface area contributed by atoms with E-state index in [-0.39, 0.29) is 0 Å². The number of rotatable bonds is 2. The molecule has 19 heavy (non-hydrogen) atoms. The molecule has 0 bridgehead atoms. The highest BCUT2D eigenvalue weighted by atomic mass is 79.9. The summed E-state index contributed by atoms with van der Waals surface area (Å²) < 4.78 is 0. The van der Waals surface area contributed by atoms with E-state index in [2.05, 4.69) is 57.4 Å². The molecule has 1 aliphatic rings. The van der Waals surface area contributed by atoms with E-state index < -0.39 is 0 Å². The second-order valence-corrected chi connectivity index (χ2v) is 6.81. The molecule has 1 unspecified atom stereocenters. The van der Waals surface area contributed by atoms with Crippen LogP contribution in [0.15, 0.2) is 29.6 Å². The Morgan fingerprint density at radius 2 is 2.26 bits per heavy atom. The van der Waals surface area contributed by atoms with E-state index in [0.29, 0.717) is 6.04 Å². The minimum atomic E-state index is 0.405. The van der Waals surface area contributed by atoms with Gasteiger partial charge in [0.25, 0.3) is 0 Å². The molecular weight excluding hydrogens is 342 g/mol. The first-order valence-electron chi connectivity index (χ1n) is 6.38. The molecule has 0 amide bonds. The number of anilines is 1. The molecule has 4 heteroatoms. The van der Waals surface area contributed by atoms with Gasteiger partial charge in [0.1, 0.15) is 0 Å². The lowest BCUT2D eigenvalue weighted by Gasteiger charge is -2.36. The lowest BCUT2D eigenvalue weighted by atomic mass is 10.0. The van der Waals surface area contributed by atoms with Gasteiger partial charge in [0.2, 0.25) is 0 Å². The molecule has 0 aliphatic carbocycles. The van der Waals surface area contributed by atoms with Gasteiger partial charge in [-0.05, 0) is 48.1 Å². The predicted molar refractivity (Wildman–Crippen MR) is 87.9 cm³/mol. The number of fused-ring (bicyclic) bond motifs is 1. The zero-order valence-corrected chi connectivity index (χ0v) is 13.9. The van der Waals surface area contributed by atoms with Crippen LogP contribution >= 0.6 is 38.9 Å². The Hall–Kier alpha value is -0.510. The van der Waals surface area contributed by atoms with E-state index in [4.69, 9.17) is 11.6 Å². The summed E-state index contributed by atoms with van der Waals surface area (Å²) in [4.78, 5) is 3.94. The van der Waals surface area contributed by atoms with Crippen molar-refractivity contribution in [1.29, 1.82) is 0 Å². The van der Waals surface area contributed by atoms with Crippen LogP contribution in [-0.2, 0) is 11.8 Å². The van der Waals surface area contributed by atoms with Crippen molar-refractivity contribution in [3.63, 3.8) is 0 Å². The quantitative estimate of drug-likeness (QED) is 0.649. The SMILES string of the molecule is CC1c2ccsc2CCN1c1ccc(CBr)cc1Cl. The largest absolute Gasteiger partial charge is 0.363 e. The van der Waals surface area contributed by atoms with Crippen molar-refractivity contribution in [2.45, 2.75) is 24.7 Å². The van der Waals surface area contributed by atoms with E-state index in [1.807, 2.05) is 11.3 Å². The average Bonchev–Trinajstić information content (AvgIpc) is 2.89. The van der Waals surface area contributed by atoms with Gasteiger partial charge in [0.15, 0.2) is 0 Å². The first-order chi connectivity index (χ1) is 9.20. The molecule has 1 aromatic carbocycles. The van der Waals surface area contributed by atoms with Gasteiger partial charge < -0.3 is 4.90 Å². The van der Waals surface area contributed by atoms with Crippen molar-refractivity contribution in [2.24, 2.45) is 0 Å². The Kier molecular flexibility index (Phi) is 3.88. The van der Waals surface area contributed by atoms with Crippen LogP contribution in [0.4, 0.5) is 5.69 Å². The van der Waals surface area contributed by atoms with E-state index in [1.165, 1.54) is 16.0 Å². The predicted octanol–water partition coefficient (Wildman–Crippen LogP) is 5.42. The lowest BCUT2D eigenvalue weighted by molar-refractivity contribution is 0.633. The van der Waals surface area contributed by atoms with Crippen molar-refractivity contribution in [3.05, 3.63) is 50.7 Å². The van der Waals surface area contributed by atoms with E-state index >= 15 is 0 Å². The van der Waals surface area contributed by atoms with Gasteiger partial charge >= 0.3 is 0 Å². The fraction of sp³-hybridized carbons (Fsp3) is 0.333. The Bertz CT molecular complexity index is 596. The lowest BCUT2D eigenvalue weighted by Crippen LogP contribution is -2.33. The van der Waals surface area contributed by atoms with Crippen LogP contribution in [0.2, 0.25) is 5.02 Å². The molecule has 1 aliphatic heterocycles. The van der Waals surface area contributed by atoms with E-state index in [1.54, 1.807) is 0 Å². The van der Waals surface area contributed by atoms with Crippen molar-refractivity contribution >= 4 is 44.6 Å². The first kappa shape index (κ1) is 13.5. The molecule has 0 saturated carbocycles. The van der Waals surface area contributed by atoms with Gasteiger partial charge in [-0.2, -0.15) is 0 Å². The summed E-state index contributed by atoms with van der Waals surface area (Å²) in [6, 6.07) is 9.00. The monoisotopic (exact) mass is 355 g/mol. The Balaban J connectivity index is 1.95. The highest BCUT2D eigenvalue weighted by molar-refractivity contribution is 9.08. The summed E-state index contributed by atoms with van der Waals surface area (Å²) in [5, 5.41) is 3.89. The van der Waals surface area contributed by atoms with E-state index in [0.717, 1.165) is 29.0 Å². The molecule has 0 radical (unpaired) electrons. The highest BCUT2D eigenvalue weighted by Crippen LogP contribution is 2.39. The van der Waals surface area contributed by atoms with Crippen molar-refractivity contribution in [1.82, 2.24) is 0 Å². The normalized spacial score (nSPS) is 18.5. The molecule has 1 aromatic heterocycles. The van der Waals surface area contributed by atoms with Gasteiger partial charge in [-0.15, -0.1) is 11.3 Å². The van der Waals surface area contributed by atoms with Gasteiger partial charge in [0.05, 0.1) is 16.8 Å². The van der Waals surface area contributed by atoms with Crippen LogP contribution in [0.25, 0.3) is 0 Å². The minimum Gasteiger partial charge on any atom is -0.363 e. The Labute approximate surface area is 131 Å². The van der Waals surface area contributed by atoms with Gasteiger partial charge in [-0.3, -0.25) is 0 Å². The summed E-state index contributed by atoms with van der Waals surface area (Å²) in [7, 11) is 0. The summed E-state index contributed by atoms with van der Waals surface area (Å²) in [5.74, 6) is 0. The summed E-state index contributed by atoms with van der Waals surface area (Å²) >= 11 is 11.8. The molecule has 2 aromatic rings. The number of hydrogen-bond acceptors (Lipinski definition) is 2. The topological polar surface area (TPSA) is 3.24 Å². The van der Waals surface area contributed by atoms with Crippen LogP contribution in [-0.4, -0.2) is 6.54 Å². The third kappa shape index (κ3) is 2.44. The van der Waals surface area contributed by atoms with Crippen molar-refractivity contribution in [2.75, 3.05) is 11.4 Å². The van der Waals surface area contributed by atoms with Crippen LogP contribution in [0.5, 0.6) is 0 Å². The molecule has 0 fully saturated rings. The van der Waals surface area contributed by atoms with Gasteiger partial charge in [-0.25, -0.2) is 0 Å². The third-order valence-corrected chi connectivity index (χ3v) is 5.70. The van der Waals surface area contributed by atoms with Gasteiger partial charge in [-0.1, -0.05) is 33.6 Å². The second kappa shape index (κ2) is 5.47. The summed E-state index contributed by atoms with van der Waals surface area (Å²) in [5.41, 5.74) is 3.82. The number of halogens is 2. The fourth-order valence-corrected chi connectivity index (χ4v) is 4.33. The standard InChI is InChI=1S/C15H15BrClNS/c1-10-12-5-7-19-15(12)4-6-18(10)14-3-2-11(9-16)8-13(14)17/h2-3,5,7-8,10H,4,6,9H2,1H3. The third-order valence-electron chi connectivity index (χ3n) is 3.75. The fourth-order valence-electron chi connectivity index (χ4n) is 2.71. The summed E-state index contributed by atoms with van der Waals surface area (Å²) in [6.45, 7) is 3.31. The maximum absolute atomic E-state index is 6.45. The number of benzene rings is 1. The maximum Gasteiger partial charge on any atom is 0.0642 e. The van der Waals surface area contributed by atoms with Crippen LogP contribution < -0.4 is 4.90 Å². The smallest absolute Gasteiger partial charge is 0.0642 e.